The van der Waals surface area contributed by atoms with Crippen molar-refractivity contribution >= 4 is 17.3 Å². The molecule has 1 aromatic rings. The summed E-state index contributed by atoms with van der Waals surface area (Å²) in [6, 6.07) is 9.84. The van der Waals surface area contributed by atoms with Gasteiger partial charge in [-0.25, -0.2) is 0 Å². The summed E-state index contributed by atoms with van der Waals surface area (Å²) in [6.45, 7) is 0.633. The van der Waals surface area contributed by atoms with Crippen LogP contribution in [0.4, 0.5) is 0 Å². The van der Waals surface area contributed by atoms with Crippen LogP contribution in [-0.2, 0) is 6.54 Å². The largest absolute Gasteiger partial charge is 1.00 e. The van der Waals surface area contributed by atoms with Crippen LogP contribution >= 0.6 is 12.2 Å². The Balaban J connectivity index is 0.00000169. The van der Waals surface area contributed by atoms with Crippen LogP contribution in [0.2, 0.25) is 0 Å². The third-order valence-electron chi connectivity index (χ3n) is 1.47. The number of rotatable bonds is 2. The zero-order chi connectivity index (χ0) is 9.52. The minimum atomic E-state index is 0. The summed E-state index contributed by atoms with van der Waals surface area (Å²) in [6.07, 6.45) is 1.75. The van der Waals surface area contributed by atoms with E-state index in [1.54, 1.807) is 6.19 Å². The molecule has 2 N–H and O–H groups in total. The maximum Gasteiger partial charge on any atom is 1.00 e. The predicted molar refractivity (Wildman–Crippen MR) is 54.6 cm³/mol. The van der Waals surface area contributed by atoms with Crippen LogP contribution in [0.5, 0.6) is 0 Å². The Morgan fingerprint density at radius 2 is 2.00 bits per heavy atom. The van der Waals surface area contributed by atoms with Crippen molar-refractivity contribution in [2.75, 3.05) is 0 Å². The Bertz CT molecular complexity index is 321. The third-order valence-corrected chi connectivity index (χ3v) is 1.71. The monoisotopic (exact) mass is 214 g/mol. The molecular formula is C9H9N3NaS+. The first-order valence-corrected chi connectivity index (χ1v) is 4.20. The van der Waals surface area contributed by atoms with Crippen molar-refractivity contribution in [3.05, 3.63) is 35.9 Å². The van der Waals surface area contributed by atoms with Crippen molar-refractivity contribution in [3.63, 3.8) is 0 Å². The van der Waals surface area contributed by atoms with E-state index in [2.05, 4.69) is 10.6 Å². The molecule has 0 aromatic heterocycles. The fourth-order valence-electron chi connectivity index (χ4n) is 0.873. The van der Waals surface area contributed by atoms with E-state index >= 15 is 0 Å². The second kappa shape index (κ2) is 7.77. The van der Waals surface area contributed by atoms with Crippen molar-refractivity contribution in [3.8, 4) is 6.19 Å². The summed E-state index contributed by atoms with van der Waals surface area (Å²) in [5.41, 5.74) is 1.13. The molecule has 0 spiro atoms. The minimum absolute atomic E-state index is 0. The number of benzene rings is 1. The van der Waals surface area contributed by atoms with Crippen LogP contribution in [0.25, 0.3) is 0 Å². The van der Waals surface area contributed by atoms with Crippen molar-refractivity contribution in [1.29, 1.82) is 5.26 Å². The van der Waals surface area contributed by atoms with E-state index in [0.717, 1.165) is 5.56 Å². The van der Waals surface area contributed by atoms with E-state index < -0.39 is 0 Å². The molecule has 1 rings (SSSR count). The van der Waals surface area contributed by atoms with Gasteiger partial charge in [-0.3, -0.25) is 5.32 Å². The molecule has 0 bridgehead atoms. The third kappa shape index (κ3) is 5.20. The van der Waals surface area contributed by atoms with Gasteiger partial charge in [0.2, 0.25) is 0 Å². The van der Waals surface area contributed by atoms with Crippen molar-refractivity contribution in [2.45, 2.75) is 6.54 Å². The SMILES string of the molecule is N#CNC(=S)NCc1ccccc1.[Na+]. The van der Waals surface area contributed by atoms with Gasteiger partial charge in [-0.2, -0.15) is 5.26 Å². The van der Waals surface area contributed by atoms with Gasteiger partial charge in [0.15, 0.2) is 11.3 Å². The first-order chi connectivity index (χ1) is 6.33. The fourth-order valence-corrected chi connectivity index (χ4v) is 0.991. The second-order valence-corrected chi connectivity index (χ2v) is 2.81. The van der Waals surface area contributed by atoms with Gasteiger partial charge in [0.05, 0.1) is 0 Å². The maximum atomic E-state index is 8.25. The van der Waals surface area contributed by atoms with E-state index in [-0.39, 0.29) is 29.6 Å². The molecule has 0 atom stereocenters. The molecule has 0 fully saturated rings. The minimum Gasteiger partial charge on any atom is -0.358 e. The summed E-state index contributed by atoms with van der Waals surface area (Å²) in [5.74, 6) is 0. The quantitative estimate of drug-likeness (QED) is 0.262. The Kier molecular flexibility index (Phi) is 7.44. The van der Waals surface area contributed by atoms with Gasteiger partial charge < -0.3 is 5.32 Å². The number of thiocarbonyl (C=S) groups is 1. The molecule has 0 saturated carbocycles. The van der Waals surface area contributed by atoms with Gasteiger partial charge in [-0.15, -0.1) is 0 Å². The molecule has 0 heterocycles. The summed E-state index contributed by atoms with van der Waals surface area (Å²) in [4.78, 5) is 0. The van der Waals surface area contributed by atoms with Gasteiger partial charge in [-0.1, -0.05) is 30.3 Å². The number of nitrogens with zero attached hydrogens (tertiary/aromatic N) is 1. The molecule has 5 heteroatoms. The van der Waals surface area contributed by atoms with E-state index in [4.69, 9.17) is 17.5 Å². The van der Waals surface area contributed by atoms with Crippen LogP contribution in [-0.4, -0.2) is 5.11 Å². The van der Waals surface area contributed by atoms with Crippen LogP contribution in [0, 0.1) is 11.5 Å². The topological polar surface area (TPSA) is 47.9 Å². The van der Waals surface area contributed by atoms with Crippen LogP contribution < -0.4 is 40.2 Å². The molecule has 14 heavy (non-hydrogen) atoms. The van der Waals surface area contributed by atoms with Crippen LogP contribution in [0.15, 0.2) is 30.3 Å². The van der Waals surface area contributed by atoms with Gasteiger partial charge in [0.1, 0.15) is 0 Å². The van der Waals surface area contributed by atoms with Gasteiger partial charge >= 0.3 is 29.6 Å². The Morgan fingerprint density at radius 3 is 2.57 bits per heavy atom. The molecule has 0 aliphatic carbocycles. The molecule has 0 saturated heterocycles. The normalized spacial score (nSPS) is 7.93. The first kappa shape index (κ1) is 13.4. The Labute approximate surface area is 111 Å². The molecule has 0 radical (unpaired) electrons. The maximum absolute atomic E-state index is 8.25. The Morgan fingerprint density at radius 1 is 1.36 bits per heavy atom. The zero-order valence-electron chi connectivity index (χ0n) is 7.95. The van der Waals surface area contributed by atoms with Gasteiger partial charge in [-0.05, 0) is 17.8 Å². The smallest absolute Gasteiger partial charge is 0.358 e. The molecule has 3 nitrogen and oxygen atoms in total. The van der Waals surface area contributed by atoms with E-state index in [0.29, 0.717) is 11.7 Å². The summed E-state index contributed by atoms with van der Waals surface area (Å²) in [7, 11) is 0. The number of hydrogen-bond donors (Lipinski definition) is 2. The average Bonchev–Trinajstić information content (AvgIpc) is 2.17. The van der Waals surface area contributed by atoms with Crippen LogP contribution in [0.1, 0.15) is 5.56 Å². The Hall–Kier alpha value is -0.600. The average molecular weight is 214 g/mol. The number of hydrogen-bond acceptors (Lipinski definition) is 2. The standard InChI is InChI=1S/C9H9N3S.Na/c10-7-12-9(13)11-6-8-4-2-1-3-5-8;/h1-5H,6H2,(H2,11,12,13);/q;+1. The molecule has 1 aromatic carbocycles. The molecule has 66 valence electrons. The van der Waals surface area contributed by atoms with E-state index in [1.165, 1.54) is 0 Å². The van der Waals surface area contributed by atoms with Gasteiger partial charge in [0.25, 0.3) is 0 Å². The molecule has 0 amide bonds. The van der Waals surface area contributed by atoms with Crippen molar-refractivity contribution in [2.24, 2.45) is 0 Å². The van der Waals surface area contributed by atoms with E-state index in [1.807, 2.05) is 30.3 Å². The predicted octanol–water partition coefficient (Wildman–Crippen LogP) is -1.86. The second-order valence-electron chi connectivity index (χ2n) is 2.41. The zero-order valence-corrected chi connectivity index (χ0v) is 10.8. The molecule has 0 aliphatic heterocycles. The molecular weight excluding hydrogens is 205 g/mol. The summed E-state index contributed by atoms with van der Waals surface area (Å²) in [5, 5.41) is 13.8. The summed E-state index contributed by atoms with van der Waals surface area (Å²) < 4.78 is 0. The fraction of sp³-hybridized carbons (Fsp3) is 0.111. The summed E-state index contributed by atoms with van der Waals surface area (Å²) >= 11 is 4.81. The molecule has 0 unspecified atom stereocenters. The van der Waals surface area contributed by atoms with Crippen molar-refractivity contribution in [1.82, 2.24) is 10.6 Å². The molecule has 0 aliphatic rings. The number of nitriles is 1. The van der Waals surface area contributed by atoms with E-state index in [9.17, 15) is 0 Å². The first-order valence-electron chi connectivity index (χ1n) is 3.80. The van der Waals surface area contributed by atoms with Gasteiger partial charge in [0, 0.05) is 6.54 Å². The van der Waals surface area contributed by atoms with Crippen molar-refractivity contribution < 1.29 is 29.6 Å². The number of nitrogens with one attached hydrogen (secondary N) is 2. The van der Waals surface area contributed by atoms with Crippen LogP contribution in [0.3, 0.4) is 0 Å².